The molecular formula is C21H29N5O4S. The molecule has 0 amide bonds. The van der Waals surface area contributed by atoms with Crippen molar-refractivity contribution in [3.63, 3.8) is 0 Å². The molecule has 10 heteroatoms. The topological polar surface area (TPSA) is 99.0 Å². The number of piperazine rings is 1. The number of hydrogen-bond donors (Lipinski definition) is 1. The summed E-state index contributed by atoms with van der Waals surface area (Å²) >= 11 is 0. The number of likely N-dealkylation sites (N-methyl/N-ethyl adjacent to an activating group) is 1. The largest absolute Gasteiger partial charge is 0.368 e. The number of para-hydroxylation sites is 1. The molecule has 0 unspecified atom stereocenters. The number of nitrogens with one attached hydrogen (secondary N) is 1. The first kappa shape index (κ1) is 23.0. The number of sulfonamides is 1. The third kappa shape index (κ3) is 5.52. The molecule has 0 radical (unpaired) electrons. The fourth-order valence-corrected chi connectivity index (χ4v) is 4.72. The van der Waals surface area contributed by atoms with Gasteiger partial charge in [-0.05, 0) is 44.8 Å². The van der Waals surface area contributed by atoms with E-state index in [0.29, 0.717) is 25.3 Å². The highest BCUT2D eigenvalue weighted by Gasteiger charge is 2.27. The molecule has 0 spiro atoms. The van der Waals surface area contributed by atoms with Crippen LogP contribution in [0.15, 0.2) is 47.4 Å². The van der Waals surface area contributed by atoms with E-state index in [-0.39, 0.29) is 17.1 Å². The molecule has 3 rings (SSSR count). The van der Waals surface area contributed by atoms with Crippen LogP contribution in [0.4, 0.5) is 17.1 Å². The second-order valence-electron chi connectivity index (χ2n) is 7.87. The predicted octanol–water partition coefficient (Wildman–Crippen LogP) is 2.07. The van der Waals surface area contributed by atoms with Crippen molar-refractivity contribution in [2.75, 3.05) is 63.2 Å². The minimum absolute atomic E-state index is 0.0970. The van der Waals surface area contributed by atoms with Gasteiger partial charge in [0, 0.05) is 51.0 Å². The Balaban J connectivity index is 1.76. The number of hydrogen-bond acceptors (Lipinski definition) is 7. The van der Waals surface area contributed by atoms with E-state index in [0.717, 1.165) is 19.2 Å². The Labute approximate surface area is 183 Å². The van der Waals surface area contributed by atoms with E-state index in [4.69, 9.17) is 0 Å². The Kier molecular flexibility index (Phi) is 7.14. The summed E-state index contributed by atoms with van der Waals surface area (Å²) in [6.07, 6.45) is 0. The summed E-state index contributed by atoms with van der Waals surface area (Å²) in [6.45, 7) is 5.52. The van der Waals surface area contributed by atoms with Crippen molar-refractivity contribution in [1.82, 2.24) is 9.62 Å². The number of nitro benzene ring substituents is 1. The normalized spacial score (nSPS) is 14.8. The highest BCUT2D eigenvalue weighted by atomic mass is 32.2. The van der Waals surface area contributed by atoms with Crippen molar-refractivity contribution < 1.29 is 13.3 Å². The number of rotatable bonds is 8. The number of benzene rings is 2. The van der Waals surface area contributed by atoms with Gasteiger partial charge in [-0.15, -0.1) is 0 Å². The third-order valence-electron chi connectivity index (χ3n) is 5.38. The smallest absolute Gasteiger partial charge is 0.293 e. The van der Waals surface area contributed by atoms with E-state index in [1.54, 1.807) is 6.07 Å². The number of aryl methyl sites for hydroxylation is 1. The van der Waals surface area contributed by atoms with E-state index in [1.807, 2.05) is 36.0 Å². The molecule has 31 heavy (non-hydrogen) atoms. The molecule has 2 aromatic rings. The lowest BCUT2D eigenvalue weighted by atomic mass is 10.1. The summed E-state index contributed by atoms with van der Waals surface area (Å²) in [5.41, 5.74) is 2.61. The van der Waals surface area contributed by atoms with Gasteiger partial charge in [-0.2, -0.15) is 0 Å². The zero-order chi connectivity index (χ0) is 22.6. The maximum Gasteiger partial charge on any atom is 0.293 e. The summed E-state index contributed by atoms with van der Waals surface area (Å²) in [5.74, 6) is 0. The van der Waals surface area contributed by atoms with Crippen LogP contribution in [0.3, 0.4) is 0 Å². The maximum atomic E-state index is 12.5. The van der Waals surface area contributed by atoms with Gasteiger partial charge in [0.1, 0.15) is 5.69 Å². The summed E-state index contributed by atoms with van der Waals surface area (Å²) < 4.78 is 27.6. The molecule has 0 saturated carbocycles. The maximum absolute atomic E-state index is 12.5. The lowest BCUT2D eigenvalue weighted by Gasteiger charge is -2.37. The molecule has 1 fully saturated rings. The molecule has 1 N–H and O–H groups in total. The summed E-state index contributed by atoms with van der Waals surface area (Å²) in [4.78, 5) is 17.2. The standard InChI is InChI=1S/C21H29N5O4S/c1-17-6-4-5-7-19(17)24-12-14-25(15-13-24)20-9-8-18(16-21(20)26(27)28)31(29,30)22-10-11-23(2)3/h4-9,16,22H,10-15H2,1-3H3. The summed E-state index contributed by atoms with van der Waals surface area (Å²) in [7, 11) is -0.137. The summed E-state index contributed by atoms with van der Waals surface area (Å²) in [6, 6.07) is 12.3. The van der Waals surface area contributed by atoms with Crippen LogP contribution in [-0.2, 0) is 10.0 Å². The van der Waals surface area contributed by atoms with Gasteiger partial charge in [-0.25, -0.2) is 13.1 Å². The van der Waals surface area contributed by atoms with Gasteiger partial charge < -0.3 is 14.7 Å². The fraction of sp³-hybridized carbons (Fsp3) is 0.429. The first-order chi connectivity index (χ1) is 14.7. The second kappa shape index (κ2) is 9.63. The Morgan fingerprint density at radius 2 is 1.65 bits per heavy atom. The number of nitro groups is 1. The number of nitrogens with zero attached hydrogens (tertiary/aromatic N) is 4. The van der Waals surface area contributed by atoms with E-state index in [1.165, 1.54) is 17.3 Å². The average molecular weight is 448 g/mol. The predicted molar refractivity (Wildman–Crippen MR) is 122 cm³/mol. The van der Waals surface area contributed by atoms with Crippen LogP contribution in [0, 0.1) is 17.0 Å². The van der Waals surface area contributed by atoms with Crippen LogP contribution >= 0.6 is 0 Å². The van der Waals surface area contributed by atoms with Gasteiger partial charge in [0.05, 0.1) is 9.82 Å². The van der Waals surface area contributed by atoms with Gasteiger partial charge in [0.2, 0.25) is 10.0 Å². The lowest BCUT2D eigenvalue weighted by molar-refractivity contribution is -0.384. The SMILES string of the molecule is Cc1ccccc1N1CCN(c2ccc(S(=O)(=O)NCCN(C)C)cc2[N+](=O)[O-])CC1. The molecule has 2 aromatic carbocycles. The molecule has 0 aromatic heterocycles. The van der Waals surface area contributed by atoms with Gasteiger partial charge in [-0.1, -0.05) is 18.2 Å². The quantitative estimate of drug-likeness (QED) is 0.488. The molecule has 1 aliphatic heterocycles. The monoisotopic (exact) mass is 447 g/mol. The minimum atomic E-state index is -3.82. The molecule has 9 nitrogen and oxygen atoms in total. The van der Waals surface area contributed by atoms with E-state index in [2.05, 4.69) is 28.7 Å². The molecule has 1 aliphatic rings. The van der Waals surface area contributed by atoms with Crippen molar-refractivity contribution in [2.24, 2.45) is 0 Å². The van der Waals surface area contributed by atoms with Crippen LogP contribution in [-0.4, -0.2) is 71.6 Å². The zero-order valence-corrected chi connectivity index (χ0v) is 18.9. The van der Waals surface area contributed by atoms with E-state index in [9.17, 15) is 18.5 Å². The Morgan fingerprint density at radius 1 is 1.03 bits per heavy atom. The van der Waals surface area contributed by atoms with Gasteiger partial charge >= 0.3 is 0 Å². The Morgan fingerprint density at radius 3 is 2.23 bits per heavy atom. The third-order valence-corrected chi connectivity index (χ3v) is 6.84. The highest BCUT2D eigenvalue weighted by molar-refractivity contribution is 7.89. The average Bonchev–Trinajstić information content (AvgIpc) is 2.73. The van der Waals surface area contributed by atoms with Gasteiger partial charge in [-0.3, -0.25) is 10.1 Å². The minimum Gasteiger partial charge on any atom is -0.368 e. The molecule has 0 aliphatic carbocycles. The van der Waals surface area contributed by atoms with Crippen LogP contribution in [0.25, 0.3) is 0 Å². The molecular weight excluding hydrogens is 418 g/mol. The van der Waals surface area contributed by atoms with Crippen molar-refractivity contribution in [3.8, 4) is 0 Å². The Hall–Kier alpha value is -2.69. The summed E-state index contributed by atoms with van der Waals surface area (Å²) in [5, 5.41) is 11.7. The molecule has 1 saturated heterocycles. The lowest BCUT2D eigenvalue weighted by Crippen LogP contribution is -2.47. The first-order valence-electron chi connectivity index (χ1n) is 10.2. The van der Waals surface area contributed by atoms with Crippen molar-refractivity contribution in [1.29, 1.82) is 0 Å². The van der Waals surface area contributed by atoms with Crippen LogP contribution in [0.5, 0.6) is 0 Å². The molecule has 0 atom stereocenters. The number of anilines is 2. The van der Waals surface area contributed by atoms with Crippen LogP contribution in [0.2, 0.25) is 0 Å². The van der Waals surface area contributed by atoms with E-state index < -0.39 is 14.9 Å². The van der Waals surface area contributed by atoms with Crippen LogP contribution in [0.1, 0.15) is 5.56 Å². The van der Waals surface area contributed by atoms with Crippen molar-refractivity contribution in [3.05, 3.63) is 58.1 Å². The van der Waals surface area contributed by atoms with Gasteiger partial charge in [0.25, 0.3) is 5.69 Å². The van der Waals surface area contributed by atoms with Crippen molar-refractivity contribution >= 4 is 27.1 Å². The fourth-order valence-electron chi connectivity index (χ4n) is 3.68. The van der Waals surface area contributed by atoms with Crippen molar-refractivity contribution in [2.45, 2.75) is 11.8 Å². The van der Waals surface area contributed by atoms with Gasteiger partial charge in [0.15, 0.2) is 0 Å². The van der Waals surface area contributed by atoms with E-state index >= 15 is 0 Å². The molecule has 0 bridgehead atoms. The zero-order valence-electron chi connectivity index (χ0n) is 18.1. The van der Waals surface area contributed by atoms with Crippen LogP contribution < -0.4 is 14.5 Å². The first-order valence-corrected chi connectivity index (χ1v) is 11.7. The Bertz CT molecular complexity index is 1030. The second-order valence-corrected chi connectivity index (χ2v) is 9.64. The molecule has 168 valence electrons. The highest BCUT2D eigenvalue weighted by Crippen LogP contribution is 2.32. The molecule has 1 heterocycles.